The summed E-state index contributed by atoms with van der Waals surface area (Å²) in [6.07, 6.45) is 9.41. The molecule has 0 saturated carbocycles. The molecule has 2 amide bonds. The highest BCUT2D eigenvalue weighted by molar-refractivity contribution is 6.16. The molecule has 220 valence electrons. The summed E-state index contributed by atoms with van der Waals surface area (Å²) >= 11 is 0. The normalized spacial score (nSPS) is 13.4. The van der Waals surface area contributed by atoms with E-state index in [0.717, 1.165) is 59.1 Å². The monoisotopic (exact) mass is 593 g/mol. The van der Waals surface area contributed by atoms with Crippen LogP contribution in [0.3, 0.4) is 0 Å². The van der Waals surface area contributed by atoms with Crippen LogP contribution in [0.4, 0.5) is 5.69 Å². The number of aryl methyl sites for hydroxylation is 3. The second-order valence-corrected chi connectivity index (χ2v) is 11.1. The molecule has 5 aromatic rings. The number of hydrogen-bond acceptors (Lipinski definition) is 5. The third kappa shape index (κ3) is 6.53. The summed E-state index contributed by atoms with van der Waals surface area (Å²) in [5.41, 5.74) is 16.6. The number of amides is 2. The molecule has 2 aromatic heterocycles. The first-order valence-electron chi connectivity index (χ1n) is 14.7. The molecule has 8 heteroatoms. The smallest absolute Gasteiger partial charge is 0.233 e. The van der Waals surface area contributed by atoms with E-state index in [1.807, 2.05) is 28.8 Å². The highest BCUT2D eigenvalue weighted by atomic mass is 35.5. The second-order valence-electron chi connectivity index (χ2n) is 11.1. The Bertz CT molecular complexity index is 1730. The average molecular weight is 594 g/mol. The van der Waals surface area contributed by atoms with Crippen molar-refractivity contribution >= 4 is 35.4 Å². The van der Waals surface area contributed by atoms with Crippen LogP contribution >= 0.6 is 12.4 Å². The lowest BCUT2D eigenvalue weighted by molar-refractivity contribution is -0.129. The lowest BCUT2D eigenvalue weighted by atomic mass is 10.00. The zero-order valence-corrected chi connectivity index (χ0v) is 25.1. The molecule has 3 heterocycles. The van der Waals surface area contributed by atoms with Crippen LogP contribution in [0.5, 0.6) is 0 Å². The number of hydrogen-bond donors (Lipinski definition) is 1. The Balaban J connectivity index is 0.00000368. The highest BCUT2D eigenvalue weighted by Crippen LogP contribution is 2.28. The molecule has 0 radical (unpaired) electrons. The fraction of sp³-hybridized carbons (Fsp3) is 0.257. The largest absolute Gasteiger partial charge is 0.326 e. The van der Waals surface area contributed by atoms with Gasteiger partial charge >= 0.3 is 0 Å². The van der Waals surface area contributed by atoms with Crippen molar-refractivity contribution in [1.82, 2.24) is 14.6 Å². The Morgan fingerprint density at radius 2 is 1.42 bits per heavy atom. The zero-order valence-electron chi connectivity index (χ0n) is 24.3. The standard InChI is InChI=1S/C35H35N5O2.ClH/c1-24-19-29(13-14-30(24)21-36)35-32-20-26(22-39(32)38-23-37-35)6-3-2-5-25-9-11-27(12-10-25)28-15-17-31(18-16-28)40-33(41)7-4-8-34(40)42;/h9-20,22-23H,2-8,21,36H2,1H3;1H. The molecule has 6 rings (SSSR count). The number of unbranched alkanes of at least 4 members (excludes halogenated alkanes) is 1. The van der Waals surface area contributed by atoms with E-state index in [4.69, 9.17) is 5.73 Å². The van der Waals surface area contributed by atoms with E-state index in [9.17, 15) is 9.59 Å². The zero-order chi connectivity index (χ0) is 29.1. The number of rotatable bonds is 9. The number of carbonyl (C=O) groups excluding carboxylic acids is 2. The minimum atomic E-state index is -0.115. The maximum atomic E-state index is 12.2. The number of halogens is 1. The average Bonchev–Trinajstić information content (AvgIpc) is 3.43. The number of carbonyl (C=O) groups is 2. The minimum absolute atomic E-state index is 0. The van der Waals surface area contributed by atoms with Gasteiger partial charge in [-0.2, -0.15) is 5.10 Å². The van der Waals surface area contributed by atoms with Gasteiger partial charge in [0.05, 0.1) is 16.9 Å². The Hall–Kier alpha value is -4.33. The van der Waals surface area contributed by atoms with Crippen molar-refractivity contribution in [3.8, 4) is 22.4 Å². The third-order valence-corrected chi connectivity index (χ3v) is 8.17. The number of benzene rings is 3. The van der Waals surface area contributed by atoms with Gasteiger partial charge in [-0.25, -0.2) is 9.50 Å². The number of piperidine rings is 1. The predicted molar refractivity (Wildman–Crippen MR) is 173 cm³/mol. The molecule has 0 aliphatic carbocycles. The number of anilines is 1. The van der Waals surface area contributed by atoms with Crippen LogP contribution in [0.15, 0.2) is 85.3 Å². The van der Waals surface area contributed by atoms with E-state index in [1.54, 1.807) is 6.33 Å². The molecule has 0 spiro atoms. The van der Waals surface area contributed by atoms with Gasteiger partial charge < -0.3 is 5.73 Å². The summed E-state index contributed by atoms with van der Waals surface area (Å²) in [5.74, 6) is -0.229. The van der Waals surface area contributed by atoms with Crippen molar-refractivity contribution in [2.45, 2.75) is 58.4 Å². The van der Waals surface area contributed by atoms with Crippen molar-refractivity contribution < 1.29 is 9.59 Å². The summed E-state index contributed by atoms with van der Waals surface area (Å²) in [5, 5.41) is 4.44. The maximum absolute atomic E-state index is 12.2. The van der Waals surface area contributed by atoms with Gasteiger partial charge in [0.15, 0.2) is 0 Å². The molecule has 2 N–H and O–H groups in total. The third-order valence-electron chi connectivity index (χ3n) is 8.17. The van der Waals surface area contributed by atoms with Crippen molar-refractivity contribution in [3.63, 3.8) is 0 Å². The molecule has 7 nitrogen and oxygen atoms in total. The van der Waals surface area contributed by atoms with Crippen LogP contribution in [0, 0.1) is 6.92 Å². The van der Waals surface area contributed by atoms with E-state index in [0.29, 0.717) is 31.5 Å². The molecule has 0 bridgehead atoms. The summed E-state index contributed by atoms with van der Waals surface area (Å²) in [6, 6.07) is 24.9. The Kier molecular flexibility index (Phi) is 9.34. The van der Waals surface area contributed by atoms with Crippen molar-refractivity contribution in [1.29, 1.82) is 0 Å². The van der Waals surface area contributed by atoms with Crippen LogP contribution in [-0.4, -0.2) is 26.4 Å². The molecular formula is C35H36ClN5O2. The van der Waals surface area contributed by atoms with E-state index in [2.05, 4.69) is 71.7 Å². The summed E-state index contributed by atoms with van der Waals surface area (Å²) in [6.45, 7) is 2.62. The quantitative estimate of drug-likeness (QED) is 0.149. The first-order valence-corrected chi connectivity index (χ1v) is 14.7. The van der Waals surface area contributed by atoms with Crippen LogP contribution in [-0.2, 0) is 29.0 Å². The molecule has 43 heavy (non-hydrogen) atoms. The van der Waals surface area contributed by atoms with E-state index in [1.165, 1.54) is 21.6 Å². The predicted octanol–water partition coefficient (Wildman–Crippen LogP) is 6.86. The molecule has 1 saturated heterocycles. The van der Waals surface area contributed by atoms with Gasteiger partial charge in [-0.3, -0.25) is 14.5 Å². The van der Waals surface area contributed by atoms with Crippen molar-refractivity contribution in [2.75, 3.05) is 4.90 Å². The molecule has 3 aromatic carbocycles. The molecule has 1 aliphatic rings. The van der Waals surface area contributed by atoms with Gasteiger partial charge in [0.25, 0.3) is 0 Å². The van der Waals surface area contributed by atoms with E-state index < -0.39 is 0 Å². The van der Waals surface area contributed by atoms with Crippen LogP contribution < -0.4 is 10.6 Å². The summed E-state index contributed by atoms with van der Waals surface area (Å²) in [4.78, 5) is 30.3. The van der Waals surface area contributed by atoms with Gasteiger partial charge in [-0.05, 0) is 96.7 Å². The van der Waals surface area contributed by atoms with Crippen LogP contribution in [0.25, 0.3) is 27.9 Å². The number of fused-ring (bicyclic) bond motifs is 1. The lowest BCUT2D eigenvalue weighted by Gasteiger charge is -2.25. The molecule has 0 unspecified atom stereocenters. The van der Waals surface area contributed by atoms with Crippen LogP contribution in [0.2, 0.25) is 0 Å². The number of nitrogens with two attached hydrogens (primary N) is 1. The minimum Gasteiger partial charge on any atom is -0.326 e. The Morgan fingerprint density at radius 1 is 0.791 bits per heavy atom. The first-order chi connectivity index (χ1) is 20.5. The Labute approximate surface area is 258 Å². The van der Waals surface area contributed by atoms with Gasteiger partial charge in [0.1, 0.15) is 6.33 Å². The van der Waals surface area contributed by atoms with Crippen LogP contribution in [0.1, 0.15) is 54.4 Å². The van der Waals surface area contributed by atoms with E-state index >= 15 is 0 Å². The molecule has 1 aliphatic heterocycles. The van der Waals surface area contributed by atoms with Crippen molar-refractivity contribution in [2.24, 2.45) is 5.73 Å². The number of aromatic nitrogens is 3. The lowest BCUT2D eigenvalue weighted by Crippen LogP contribution is -2.40. The van der Waals surface area contributed by atoms with Gasteiger partial charge in [-0.15, -0.1) is 12.4 Å². The second kappa shape index (κ2) is 13.3. The maximum Gasteiger partial charge on any atom is 0.233 e. The Morgan fingerprint density at radius 3 is 2.07 bits per heavy atom. The van der Waals surface area contributed by atoms with Gasteiger partial charge in [0.2, 0.25) is 11.8 Å². The number of imide groups is 1. The van der Waals surface area contributed by atoms with Crippen molar-refractivity contribution in [3.05, 3.63) is 108 Å². The summed E-state index contributed by atoms with van der Waals surface area (Å²) in [7, 11) is 0. The van der Waals surface area contributed by atoms with Gasteiger partial charge in [-0.1, -0.05) is 48.5 Å². The van der Waals surface area contributed by atoms with E-state index in [-0.39, 0.29) is 24.2 Å². The number of nitrogens with zero attached hydrogens (tertiary/aromatic N) is 4. The molecule has 0 atom stereocenters. The SMILES string of the molecule is Cc1cc(-c2ncnn3cc(CCCCc4ccc(-c5ccc(N6C(=O)CCCC6=O)cc5)cc4)cc23)ccc1CN.Cl. The summed E-state index contributed by atoms with van der Waals surface area (Å²) < 4.78 is 1.93. The topological polar surface area (TPSA) is 93.6 Å². The molecule has 1 fully saturated rings. The van der Waals surface area contributed by atoms with Gasteiger partial charge in [0, 0.05) is 31.1 Å². The first kappa shape index (κ1) is 30.1. The highest BCUT2D eigenvalue weighted by Gasteiger charge is 2.27. The molecular weight excluding hydrogens is 558 g/mol. The fourth-order valence-corrected chi connectivity index (χ4v) is 5.78. The fourth-order valence-electron chi connectivity index (χ4n) is 5.78.